The third-order valence-electron chi connectivity index (χ3n) is 4.61. The van der Waals surface area contributed by atoms with Crippen molar-refractivity contribution >= 4 is 27.5 Å². The van der Waals surface area contributed by atoms with Gasteiger partial charge in [0, 0.05) is 25.7 Å². The molecule has 0 unspecified atom stereocenters. The van der Waals surface area contributed by atoms with Gasteiger partial charge in [0.1, 0.15) is 5.84 Å². The molecule has 0 radical (unpaired) electrons. The van der Waals surface area contributed by atoms with Gasteiger partial charge in [-0.1, -0.05) is 6.07 Å². The predicted molar refractivity (Wildman–Crippen MR) is 103 cm³/mol. The highest BCUT2D eigenvalue weighted by Crippen LogP contribution is 2.35. The van der Waals surface area contributed by atoms with Gasteiger partial charge in [0.05, 0.1) is 10.5 Å². The number of carbonyl (C=O) groups is 1. The first kappa shape index (κ1) is 18.3. The Labute approximate surface area is 162 Å². The lowest BCUT2D eigenvalue weighted by molar-refractivity contribution is 0.102. The second-order valence-corrected chi connectivity index (χ2v) is 8.13. The van der Waals surface area contributed by atoms with Crippen LogP contribution in [-0.4, -0.2) is 45.4 Å². The third kappa shape index (κ3) is 3.53. The van der Waals surface area contributed by atoms with E-state index in [1.807, 2.05) is 11.9 Å². The van der Waals surface area contributed by atoms with Crippen molar-refractivity contribution in [2.24, 2.45) is 4.40 Å². The molecule has 0 aliphatic carbocycles. The van der Waals surface area contributed by atoms with Crippen LogP contribution in [0, 0.1) is 0 Å². The number of hydrogen-bond donors (Lipinski definition) is 1. The van der Waals surface area contributed by atoms with Crippen LogP contribution in [0.1, 0.15) is 23.2 Å². The first-order valence-electron chi connectivity index (χ1n) is 8.79. The van der Waals surface area contributed by atoms with E-state index in [2.05, 4.69) is 9.71 Å². The maximum Gasteiger partial charge on any atom is 0.283 e. The lowest BCUT2D eigenvalue weighted by Gasteiger charge is -2.11. The van der Waals surface area contributed by atoms with E-state index in [0.29, 0.717) is 35.0 Å². The number of hydrogen-bond acceptors (Lipinski definition) is 5. The zero-order valence-corrected chi connectivity index (χ0v) is 16.0. The van der Waals surface area contributed by atoms with Crippen LogP contribution in [-0.2, 0) is 10.0 Å². The molecule has 2 aromatic carbocycles. The number of anilines is 1. The van der Waals surface area contributed by atoms with Gasteiger partial charge in [-0.15, -0.1) is 4.40 Å². The average molecular weight is 401 g/mol. The molecule has 2 heterocycles. The molecule has 1 fully saturated rings. The number of amides is 1. The minimum absolute atomic E-state index is 0.0733. The van der Waals surface area contributed by atoms with Gasteiger partial charge in [-0.2, -0.15) is 8.42 Å². The smallest absolute Gasteiger partial charge is 0.283 e. The van der Waals surface area contributed by atoms with Crippen molar-refractivity contribution in [2.75, 3.05) is 25.7 Å². The van der Waals surface area contributed by atoms with E-state index in [-0.39, 0.29) is 17.6 Å². The Morgan fingerprint density at radius 1 is 1.14 bits per heavy atom. The molecule has 1 amide bonds. The summed E-state index contributed by atoms with van der Waals surface area (Å²) in [5, 5.41) is 2.73. The first-order chi connectivity index (χ1) is 13.4. The van der Waals surface area contributed by atoms with Crippen molar-refractivity contribution in [1.82, 2.24) is 4.90 Å². The summed E-state index contributed by atoms with van der Waals surface area (Å²) in [4.78, 5) is 14.5. The Hall–Kier alpha value is -3.07. The number of nitrogens with one attached hydrogen (secondary N) is 1. The second kappa shape index (κ2) is 7.16. The van der Waals surface area contributed by atoms with Gasteiger partial charge < -0.3 is 19.7 Å². The summed E-state index contributed by atoms with van der Waals surface area (Å²) in [6.07, 6.45) is 1.55. The monoisotopic (exact) mass is 401 g/mol. The molecular weight excluding hydrogens is 382 g/mol. The highest BCUT2D eigenvalue weighted by Gasteiger charge is 2.23. The van der Waals surface area contributed by atoms with E-state index in [0.717, 1.165) is 13.0 Å². The highest BCUT2D eigenvalue weighted by atomic mass is 32.2. The highest BCUT2D eigenvalue weighted by molar-refractivity contribution is 7.90. The molecule has 28 heavy (non-hydrogen) atoms. The van der Waals surface area contributed by atoms with Gasteiger partial charge in [0.2, 0.25) is 6.79 Å². The van der Waals surface area contributed by atoms with E-state index in [9.17, 15) is 13.2 Å². The van der Waals surface area contributed by atoms with Gasteiger partial charge in [-0.05, 0) is 42.8 Å². The zero-order chi connectivity index (χ0) is 19.7. The molecule has 2 aromatic rings. The number of ether oxygens (including phenoxy) is 2. The molecule has 146 valence electrons. The molecule has 0 aromatic heterocycles. The molecule has 4 rings (SSSR count). The van der Waals surface area contributed by atoms with Crippen molar-refractivity contribution < 1.29 is 22.7 Å². The van der Waals surface area contributed by atoms with Crippen LogP contribution in [0.2, 0.25) is 0 Å². The van der Waals surface area contributed by atoms with E-state index >= 15 is 0 Å². The van der Waals surface area contributed by atoms with Gasteiger partial charge in [0.15, 0.2) is 11.5 Å². The molecule has 2 aliphatic rings. The van der Waals surface area contributed by atoms with Crippen molar-refractivity contribution in [3.8, 4) is 11.5 Å². The first-order valence-corrected chi connectivity index (χ1v) is 10.2. The third-order valence-corrected chi connectivity index (χ3v) is 5.93. The Morgan fingerprint density at radius 3 is 2.64 bits per heavy atom. The van der Waals surface area contributed by atoms with Gasteiger partial charge in [-0.3, -0.25) is 4.79 Å². The van der Waals surface area contributed by atoms with Gasteiger partial charge in [0.25, 0.3) is 15.9 Å². The van der Waals surface area contributed by atoms with Crippen LogP contribution < -0.4 is 14.8 Å². The quantitative estimate of drug-likeness (QED) is 0.845. The number of sulfonamides is 1. The fourth-order valence-corrected chi connectivity index (χ4v) is 4.21. The lowest BCUT2D eigenvalue weighted by atomic mass is 10.1. The van der Waals surface area contributed by atoms with E-state index in [4.69, 9.17) is 9.47 Å². The van der Waals surface area contributed by atoms with Crippen LogP contribution in [0.4, 0.5) is 5.69 Å². The normalized spacial score (nSPS) is 17.2. The summed E-state index contributed by atoms with van der Waals surface area (Å²) >= 11 is 0. The van der Waals surface area contributed by atoms with E-state index in [1.54, 1.807) is 18.2 Å². The zero-order valence-electron chi connectivity index (χ0n) is 15.2. The van der Waals surface area contributed by atoms with E-state index in [1.165, 1.54) is 24.3 Å². The lowest BCUT2D eigenvalue weighted by Crippen LogP contribution is -2.20. The Morgan fingerprint density at radius 2 is 1.93 bits per heavy atom. The Kier molecular flexibility index (Phi) is 4.68. The summed E-state index contributed by atoms with van der Waals surface area (Å²) in [6.45, 7) is 0.876. The maximum atomic E-state index is 12.5. The number of amidine groups is 1. The molecule has 0 bridgehead atoms. The van der Waals surface area contributed by atoms with E-state index < -0.39 is 10.0 Å². The van der Waals surface area contributed by atoms with Crippen molar-refractivity contribution in [2.45, 2.75) is 17.7 Å². The number of rotatable bonds is 4. The number of benzene rings is 2. The number of para-hydroxylation sites is 1. The van der Waals surface area contributed by atoms with Crippen molar-refractivity contribution in [3.05, 3.63) is 48.0 Å². The average Bonchev–Trinajstić information content (AvgIpc) is 3.30. The summed E-state index contributed by atoms with van der Waals surface area (Å²) in [5.41, 5.74) is 0.813. The number of nitrogens with zero attached hydrogens (tertiary/aromatic N) is 2. The minimum atomic E-state index is -3.78. The fourth-order valence-electron chi connectivity index (χ4n) is 3.12. The minimum Gasteiger partial charge on any atom is -0.454 e. The summed E-state index contributed by atoms with van der Waals surface area (Å²) in [7, 11) is -1.96. The Bertz CT molecular complexity index is 1050. The predicted octanol–water partition coefficient (Wildman–Crippen LogP) is 2.48. The largest absolute Gasteiger partial charge is 0.454 e. The molecule has 9 heteroatoms. The number of likely N-dealkylation sites (tertiary alicyclic amines) is 1. The molecule has 2 aliphatic heterocycles. The number of fused-ring (bicyclic) bond motifs is 1. The molecule has 1 saturated heterocycles. The summed E-state index contributed by atoms with van der Waals surface area (Å²) in [6, 6.07) is 11.0. The maximum absolute atomic E-state index is 12.5. The van der Waals surface area contributed by atoms with Crippen LogP contribution in [0.15, 0.2) is 51.8 Å². The standard InChI is InChI=1S/C19H19N3O5S/c1-22-11-3-6-17(22)21-28(24,25)14-9-7-13(8-10-14)20-19(23)15-4-2-5-16-18(15)27-12-26-16/h2,4-5,7-10H,3,6,11-12H2,1H3,(H,20,23)/b21-17+. The SMILES string of the molecule is CN1CCC/C1=N\S(=O)(=O)c1ccc(NC(=O)c2cccc3c2OCO3)cc1. The topological polar surface area (TPSA) is 97.3 Å². The Balaban J connectivity index is 1.51. The second-order valence-electron chi connectivity index (χ2n) is 6.53. The van der Waals surface area contributed by atoms with Gasteiger partial charge >= 0.3 is 0 Å². The van der Waals surface area contributed by atoms with Gasteiger partial charge in [-0.25, -0.2) is 0 Å². The number of carbonyl (C=O) groups excluding carboxylic acids is 1. The molecule has 8 nitrogen and oxygen atoms in total. The molecular formula is C19H19N3O5S. The van der Waals surface area contributed by atoms with Crippen LogP contribution in [0.3, 0.4) is 0 Å². The molecule has 0 spiro atoms. The molecule has 1 N–H and O–H groups in total. The van der Waals surface area contributed by atoms with Crippen LogP contribution in [0.5, 0.6) is 11.5 Å². The fraction of sp³-hybridized carbons (Fsp3) is 0.263. The molecule has 0 atom stereocenters. The van der Waals surface area contributed by atoms with Crippen LogP contribution >= 0.6 is 0 Å². The molecule has 0 saturated carbocycles. The van der Waals surface area contributed by atoms with Crippen LogP contribution in [0.25, 0.3) is 0 Å². The summed E-state index contributed by atoms with van der Waals surface area (Å²) < 4.78 is 39.5. The van der Waals surface area contributed by atoms with Crippen molar-refractivity contribution in [1.29, 1.82) is 0 Å². The van der Waals surface area contributed by atoms with Crippen molar-refractivity contribution in [3.63, 3.8) is 0 Å². The summed E-state index contributed by atoms with van der Waals surface area (Å²) in [5.74, 6) is 1.11.